The third kappa shape index (κ3) is 10.2. The Morgan fingerprint density at radius 1 is 0.771 bits per heavy atom. The maximum atomic E-state index is 11.6. The third-order valence-electron chi connectivity index (χ3n) is 7.44. The van der Waals surface area contributed by atoms with Crippen molar-refractivity contribution >= 4 is 57.9 Å². The fourth-order valence-corrected chi connectivity index (χ4v) is 5.89. The van der Waals surface area contributed by atoms with Gasteiger partial charge in [0.15, 0.2) is 0 Å². The molecule has 0 saturated carbocycles. The fraction of sp³-hybridized carbons (Fsp3) is 0.371. The van der Waals surface area contributed by atoms with E-state index in [9.17, 15) is 9.59 Å². The molecule has 0 aliphatic carbocycles. The molecular formula is C35H45IN8O4. The summed E-state index contributed by atoms with van der Waals surface area (Å²) < 4.78 is 11.9. The van der Waals surface area contributed by atoms with Crippen molar-refractivity contribution in [3.05, 3.63) is 79.2 Å². The molecule has 6 N–H and O–H groups in total. The Hall–Kier alpha value is -4.53. The van der Waals surface area contributed by atoms with E-state index in [1.807, 2.05) is 6.92 Å². The molecule has 0 atom stereocenters. The molecule has 13 heteroatoms. The number of hydrogen-bond donors (Lipinski definition) is 4. The highest BCUT2D eigenvalue weighted by atomic mass is 127. The van der Waals surface area contributed by atoms with Crippen molar-refractivity contribution in [2.75, 3.05) is 36.3 Å². The topological polar surface area (TPSA) is 180 Å². The average molecular weight is 769 g/mol. The largest absolute Gasteiger partial charge is 0.496 e. The number of amides is 2. The molecule has 0 radical (unpaired) electrons. The van der Waals surface area contributed by atoms with Gasteiger partial charge in [0, 0.05) is 50.2 Å². The number of ether oxygens (including phenoxy) is 2. The number of benzene rings is 2. The maximum Gasteiger partial charge on any atom is 0.231 e. The van der Waals surface area contributed by atoms with Crippen LogP contribution in [-0.2, 0) is 22.4 Å². The highest BCUT2D eigenvalue weighted by Crippen LogP contribution is 2.32. The molecule has 0 spiro atoms. The lowest BCUT2D eigenvalue weighted by Gasteiger charge is -2.18. The first kappa shape index (κ1) is 37.9. The van der Waals surface area contributed by atoms with Crippen molar-refractivity contribution in [3.63, 3.8) is 0 Å². The van der Waals surface area contributed by atoms with Crippen LogP contribution in [0.5, 0.6) is 11.5 Å². The Kier molecular flexibility index (Phi) is 13.5. The average Bonchev–Trinajstić information content (AvgIpc) is 2.99. The lowest BCUT2D eigenvalue weighted by Crippen LogP contribution is -2.15. The normalized spacial score (nSPS) is 10.8. The van der Waals surface area contributed by atoms with E-state index >= 15 is 0 Å². The number of carbonyl (C=O) groups excluding carboxylic acids is 2. The molecule has 0 aliphatic rings. The van der Waals surface area contributed by atoms with Crippen LogP contribution in [0.4, 0.5) is 23.5 Å². The molecule has 0 aliphatic heterocycles. The van der Waals surface area contributed by atoms with Crippen molar-refractivity contribution in [3.8, 4) is 11.5 Å². The molecule has 0 fully saturated rings. The van der Waals surface area contributed by atoms with Gasteiger partial charge in [0.05, 0.1) is 17.8 Å². The second-order valence-electron chi connectivity index (χ2n) is 11.9. The summed E-state index contributed by atoms with van der Waals surface area (Å²) in [5, 5.41) is 5.26. The van der Waals surface area contributed by atoms with Crippen molar-refractivity contribution in [2.24, 2.45) is 0 Å². The molecule has 2 aromatic carbocycles. The monoisotopic (exact) mass is 768 g/mol. The second kappa shape index (κ2) is 17.0. The molecule has 12 nitrogen and oxygen atoms in total. The number of carbonyl (C=O) groups is 2. The summed E-state index contributed by atoms with van der Waals surface area (Å²) in [6, 6.07) is 8.37. The minimum atomic E-state index is -0.274. The summed E-state index contributed by atoms with van der Waals surface area (Å²) in [5.41, 5.74) is 18.9. The van der Waals surface area contributed by atoms with E-state index in [2.05, 4.69) is 105 Å². The van der Waals surface area contributed by atoms with Gasteiger partial charge in [-0.05, 0) is 87.4 Å². The fourth-order valence-electron chi connectivity index (χ4n) is 5.14. The predicted molar refractivity (Wildman–Crippen MR) is 199 cm³/mol. The molecule has 0 bridgehead atoms. The number of nitrogens with zero attached hydrogens (tertiary/aromatic N) is 4. The quantitative estimate of drug-likeness (QED) is 0.132. The van der Waals surface area contributed by atoms with Gasteiger partial charge in [-0.15, -0.1) is 0 Å². The zero-order chi connectivity index (χ0) is 35.7. The number of nitrogen functional groups attached to an aromatic ring is 2. The van der Waals surface area contributed by atoms with E-state index < -0.39 is 0 Å². The first-order valence-electron chi connectivity index (χ1n) is 15.4. The van der Waals surface area contributed by atoms with Crippen molar-refractivity contribution < 1.29 is 19.1 Å². The predicted octanol–water partition coefficient (Wildman–Crippen LogP) is 6.39. The van der Waals surface area contributed by atoms with Crippen LogP contribution < -0.4 is 31.6 Å². The molecule has 0 saturated heterocycles. The maximum absolute atomic E-state index is 11.6. The van der Waals surface area contributed by atoms with Crippen LogP contribution in [0.25, 0.3) is 0 Å². The van der Waals surface area contributed by atoms with Crippen LogP contribution in [0.15, 0.2) is 36.7 Å². The molecule has 0 unspecified atom stereocenters. The Bertz CT molecular complexity index is 1780. The summed E-state index contributed by atoms with van der Waals surface area (Å²) in [5.74, 6) is 3.11. The van der Waals surface area contributed by atoms with Crippen molar-refractivity contribution in [1.29, 1.82) is 0 Å². The van der Waals surface area contributed by atoms with Gasteiger partial charge < -0.3 is 26.3 Å². The van der Waals surface area contributed by atoms with Gasteiger partial charge >= 0.3 is 0 Å². The summed E-state index contributed by atoms with van der Waals surface area (Å²) in [7, 11) is 3.35. The molecule has 4 rings (SSSR count). The van der Waals surface area contributed by atoms with Gasteiger partial charge in [-0.2, -0.15) is 9.97 Å². The number of methoxy groups -OCH3 is 2. The molecule has 2 heterocycles. The van der Waals surface area contributed by atoms with E-state index in [4.69, 9.17) is 20.9 Å². The zero-order valence-electron chi connectivity index (χ0n) is 29.0. The molecule has 4 aromatic rings. The number of anilines is 4. The molecule has 2 amide bonds. The van der Waals surface area contributed by atoms with Crippen LogP contribution in [0, 0.1) is 10.5 Å². The Morgan fingerprint density at radius 2 is 1.31 bits per heavy atom. The summed E-state index contributed by atoms with van der Waals surface area (Å²) >= 11 is 2.28. The Balaban J connectivity index is 0.000000269. The summed E-state index contributed by atoms with van der Waals surface area (Å²) in [6.07, 6.45) is 4.56. The van der Waals surface area contributed by atoms with Gasteiger partial charge in [-0.3, -0.25) is 14.9 Å². The highest BCUT2D eigenvalue weighted by Gasteiger charge is 2.17. The zero-order valence-corrected chi connectivity index (χ0v) is 31.1. The van der Waals surface area contributed by atoms with Gasteiger partial charge in [-0.1, -0.05) is 33.8 Å². The van der Waals surface area contributed by atoms with Crippen LogP contribution in [0.1, 0.15) is 92.3 Å². The number of halogens is 1. The first-order chi connectivity index (χ1) is 22.6. The highest BCUT2D eigenvalue weighted by molar-refractivity contribution is 14.1. The Labute approximate surface area is 296 Å². The number of rotatable bonds is 10. The minimum Gasteiger partial charge on any atom is -0.496 e. The SMILES string of the molecule is COc1cc(C(C)C)c(Cc2cnc(N)nc2N)cc1I.COc1cc(C(C)C)c(Cc2cnc(NC(C)=O)nc2NC(C)=O)cc1C. The molecule has 48 heavy (non-hydrogen) atoms. The van der Waals surface area contributed by atoms with Crippen LogP contribution in [0.3, 0.4) is 0 Å². The van der Waals surface area contributed by atoms with Gasteiger partial charge in [0.2, 0.25) is 23.7 Å². The van der Waals surface area contributed by atoms with E-state index in [-0.39, 0.29) is 23.7 Å². The number of nitrogens with two attached hydrogens (primary N) is 2. The smallest absolute Gasteiger partial charge is 0.231 e. The van der Waals surface area contributed by atoms with E-state index in [1.54, 1.807) is 26.6 Å². The van der Waals surface area contributed by atoms with Crippen LogP contribution in [-0.4, -0.2) is 46.0 Å². The lowest BCUT2D eigenvalue weighted by atomic mass is 9.91. The second-order valence-corrected chi connectivity index (χ2v) is 13.1. The van der Waals surface area contributed by atoms with Gasteiger partial charge in [0.25, 0.3) is 0 Å². The number of aromatic nitrogens is 4. The van der Waals surface area contributed by atoms with Crippen molar-refractivity contribution in [2.45, 2.75) is 73.1 Å². The van der Waals surface area contributed by atoms with Crippen LogP contribution >= 0.6 is 22.6 Å². The Morgan fingerprint density at radius 3 is 1.85 bits per heavy atom. The number of aryl methyl sites for hydroxylation is 1. The molecular weight excluding hydrogens is 723 g/mol. The van der Waals surface area contributed by atoms with Crippen LogP contribution in [0.2, 0.25) is 0 Å². The summed E-state index contributed by atoms with van der Waals surface area (Å²) in [6.45, 7) is 13.4. The first-order valence-corrected chi connectivity index (χ1v) is 16.5. The summed E-state index contributed by atoms with van der Waals surface area (Å²) in [4.78, 5) is 39.4. The minimum absolute atomic E-state index is 0.157. The van der Waals surface area contributed by atoms with Gasteiger partial charge in [0.1, 0.15) is 23.1 Å². The van der Waals surface area contributed by atoms with E-state index in [0.29, 0.717) is 36.3 Å². The lowest BCUT2D eigenvalue weighted by molar-refractivity contribution is -0.115. The molecule has 256 valence electrons. The van der Waals surface area contributed by atoms with Crippen molar-refractivity contribution in [1.82, 2.24) is 19.9 Å². The van der Waals surface area contributed by atoms with Gasteiger partial charge in [-0.25, -0.2) is 9.97 Å². The third-order valence-corrected chi connectivity index (χ3v) is 8.28. The number of hydrogen-bond acceptors (Lipinski definition) is 10. The van der Waals surface area contributed by atoms with E-state index in [0.717, 1.165) is 42.9 Å². The standard InChI is InChI=1S/C20H26N4O3.C15H19IN4O/c1-11(2)17-9-18(27-6)12(3)7-15(17)8-16-10-21-20(23-14(5)26)24-19(16)22-13(4)25;1-8(2)11-6-13(21-3)12(16)5-9(11)4-10-7-19-15(18)20-14(10)17/h7,9-11H,8H2,1-6H3,(H2,21,22,23,24,25,26);5-8H,4H2,1-3H3,(H4,17,18,19,20). The molecule has 2 aromatic heterocycles. The van der Waals surface area contributed by atoms with E-state index in [1.165, 1.54) is 25.0 Å². The number of nitrogens with one attached hydrogen (secondary N) is 2.